The molecule has 0 saturated carbocycles. The molecule has 1 aromatic heterocycles. The molecule has 0 atom stereocenters. The number of rotatable bonds is 4. The highest BCUT2D eigenvalue weighted by molar-refractivity contribution is 7.90. The smallest absolute Gasteiger partial charge is 0.335 e. The number of carbonyl (C=O) groups is 1. The highest BCUT2D eigenvalue weighted by Crippen LogP contribution is 2.24. The average molecular weight is 308 g/mol. The third kappa shape index (κ3) is 3.13. The fourth-order valence-corrected chi connectivity index (χ4v) is 3.72. The van der Waals surface area contributed by atoms with Crippen LogP contribution in [0.1, 0.15) is 27.2 Å². The van der Waals surface area contributed by atoms with Gasteiger partial charge < -0.3 is 5.11 Å². The summed E-state index contributed by atoms with van der Waals surface area (Å²) < 4.78 is 26.6. The molecular weight excluding hydrogens is 292 g/mol. The number of nitrogens with zero attached hydrogens (tertiary/aromatic N) is 2. The normalized spacial score (nSPS) is 11.6. The molecular formula is C14H16N2O4S. The lowest BCUT2D eigenvalue weighted by Gasteiger charge is -2.10. The largest absolute Gasteiger partial charge is 0.478 e. The van der Waals surface area contributed by atoms with Gasteiger partial charge in [-0.3, -0.25) is 4.68 Å². The molecule has 6 nitrogen and oxygen atoms in total. The van der Waals surface area contributed by atoms with Gasteiger partial charge in [0.2, 0.25) is 0 Å². The van der Waals surface area contributed by atoms with E-state index in [2.05, 4.69) is 5.10 Å². The zero-order valence-corrected chi connectivity index (χ0v) is 12.8. The first-order chi connectivity index (χ1) is 9.70. The van der Waals surface area contributed by atoms with E-state index in [4.69, 9.17) is 5.11 Å². The highest BCUT2D eigenvalue weighted by Gasteiger charge is 2.22. The SMILES string of the molecule is Cc1cc(C(=O)O)cc(S(=O)(=O)Cc2ccn(C)n2)c1C. The van der Waals surface area contributed by atoms with Crippen LogP contribution in [0.3, 0.4) is 0 Å². The number of hydrogen-bond acceptors (Lipinski definition) is 4. The number of carboxylic acids is 1. The van der Waals surface area contributed by atoms with E-state index in [-0.39, 0.29) is 16.2 Å². The van der Waals surface area contributed by atoms with Crippen molar-refractivity contribution >= 4 is 15.8 Å². The predicted molar refractivity (Wildman–Crippen MR) is 77.0 cm³/mol. The van der Waals surface area contributed by atoms with Crippen molar-refractivity contribution in [2.45, 2.75) is 24.5 Å². The van der Waals surface area contributed by atoms with Crippen molar-refractivity contribution < 1.29 is 18.3 Å². The van der Waals surface area contributed by atoms with Crippen molar-refractivity contribution in [1.29, 1.82) is 0 Å². The first-order valence-corrected chi connectivity index (χ1v) is 7.92. The summed E-state index contributed by atoms with van der Waals surface area (Å²) in [6.45, 7) is 3.37. The van der Waals surface area contributed by atoms with Crippen molar-refractivity contribution in [3.8, 4) is 0 Å². The molecule has 112 valence electrons. The molecule has 0 radical (unpaired) electrons. The maximum Gasteiger partial charge on any atom is 0.335 e. The Labute approximate surface area is 123 Å². The minimum atomic E-state index is -3.65. The van der Waals surface area contributed by atoms with Crippen LogP contribution < -0.4 is 0 Å². The number of sulfone groups is 1. The first kappa shape index (κ1) is 15.2. The third-order valence-corrected chi connectivity index (χ3v) is 5.08. The van der Waals surface area contributed by atoms with E-state index in [1.165, 1.54) is 16.8 Å². The van der Waals surface area contributed by atoms with Gasteiger partial charge in [0.25, 0.3) is 0 Å². The Bertz CT molecular complexity index is 806. The van der Waals surface area contributed by atoms with Gasteiger partial charge in [-0.25, -0.2) is 13.2 Å². The maximum atomic E-state index is 12.5. The third-order valence-electron chi connectivity index (χ3n) is 3.31. The Morgan fingerprint density at radius 3 is 2.52 bits per heavy atom. The van der Waals surface area contributed by atoms with Crippen molar-refractivity contribution in [3.05, 3.63) is 46.8 Å². The van der Waals surface area contributed by atoms with Gasteiger partial charge in [0.05, 0.1) is 21.9 Å². The summed E-state index contributed by atoms with van der Waals surface area (Å²) in [6, 6.07) is 4.31. The summed E-state index contributed by atoms with van der Waals surface area (Å²) in [5.74, 6) is -1.40. The molecule has 0 aliphatic carbocycles. The van der Waals surface area contributed by atoms with Crippen LogP contribution in [-0.2, 0) is 22.6 Å². The molecule has 1 N–H and O–H groups in total. The Morgan fingerprint density at radius 2 is 2.00 bits per heavy atom. The second-order valence-electron chi connectivity index (χ2n) is 4.96. The number of hydrogen-bond donors (Lipinski definition) is 1. The van der Waals surface area contributed by atoms with Gasteiger partial charge in [0.15, 0.2) is 9.84 Å². The molecule has 1 aromatic carbocycles. The molecule has 0 aliphatic rings. The van der Waals surface area contributed by atoms with E-state index < -0.39 is 15.8 Å². The van der Waals surface area contributed by atoms with Crippen LogP contribution in [0.15, 0.2) is 29.3 Å². The zero-order chi connectivity index (χ0) is 15.8. The number of aromatic nitrogens is 2. The standard InChI is InChI=1S/C14H16N2O4S/c1-9-6-11(14(17)18)7-13(10(9)2)21(19,20)8-12-4-5-16(3)15-12/h4-7H,8H2,1-3H3,(H,17,18). The number of aryl methyl sites for hydroxylation is 2. The van der Waals surface area contributed by atoms with Crippen LogP contribution in [0.5, 0.6) is 0 Å². The lowest BCUT2D eigenvalue weighted by atomic mass is 10.1. The fraction of sp³-hybridized carbons (Fsp3) is 0.286. The summed E-state index contributed by atoms with van der Waals surface area (Å²) in [7, 11) is -1.94. The Balaban J connectivity index is 2.51. The van der Waals surface area contributed by atoms with Crippen LogP contribution in [0.25, 0.3) is 0 Å². The number of benzene rings is 1. The Morgan fingerprint density at radius 1 is 1.33 bits per heavy atom. The van der Waals surface area contributed by atoms with Crippen molar-refractivity contribution in [1.82, 2.24) is 9.78 Å². The van der Waals surface area contributed by atoms with Gasteiger partial charge in [-0.05, 0) is 43.2 Å². The fourth-order valence-electron chi connectivity index (χ4n) is 2.09. The van der Waals surface area contributed by atoms with Crippen LogP contribution >= 0.6 is 0 Å². The highest BCUT2D eigenvalue weighted by atomic mass is 32.2. The number of aromatic carboxylic acids is 1. The molecule has 7 heteroatoms. The van der Waals surface area contributed by atoms with Gasteiger partial charge in [-0.1, -0.05) is 0 Å². The number of carboxylic acid groups (broad SMARTS) is 1. The summed E-state index contributed by atoms with van der Waals surface area (Å²) in [5, 5.41) is 13.1. The molecule has 21 heavy (non-hydrogen) atoms. The minimum absolute atomic E-state index is 0.0299. The topological polar surface area (TPSA) is 89.3 Å². The van der Waals surface area contributed by atoms with Crippen LogP contribution in [0.2, 0.25) is 0 Å². The quantitative estimate of drug-likeness (QED) is 0.928. The summed E-state index contributed by atoms with van der Waals surface area (Å²) >= 11 is 0. The monoisotopic (exact) mass is 308 g/mol. The zero-order valence-electron chi connectivity index (χ0n) is 12.0. The van der Waals surface area contributed by atoms with Crippen LogP contribution in [-0.4, -0.2) is 29.3 Å². The minimum Gasteiger partial charge on any atom is -0.478 e. The predicted octanol–water partition coefficient (Wildman–Crippen LogP) is 1.71. The molecule has 0 amide bonds. The van der Waals surface area contributed by atoms with Gasteiger partial charge in [-0.15, -0.1) is 0 Å². The van der Waals surface area contributed by atoms with Crippen molar-refractivity contribution in [2.24, 2.45) is 7.05 Å². The first-order valence-electron chi connectivity index (χ1n) is 6.26. The van der Waals surface area contributed by atoms with E-state index in [0.717, 1.165) is 0 Å². The lowest BCUT2D eigenvalue weighted by Crippen LogP contribution is -2.10. The van der Waals surface area contributed by atoms with Crippen LogP contribution in [0, 0.1) is 13.8 Å². The van der Waals surface area contributed by atoms with Gasteiger partial charge in [-0.2, -0.15) is 5.10 Å². The van der Waals surface area contributed by atoms with E-state index in [9.17, 15) is 13.2 Å². The van der Waals surface area contributed by atoms with Crippen LogP contribution in [0.4, 0.5) is 0 Å². The van der Waals surface area contributed by atoms with E-state index in [1.807, 2.05) is 0 Å². The molecule has 2 rings (SSSR count). The average Bonchev–Trinajstić information content (AvgIpc) is 2.76. The van der Waals surface area contributed by atoms with Crippen molar-refractivity contribution in [3.63, 3.8) is 0 Å². The van der Waals surface area contributed by atoms with E-state index >= 15 is 0 Å². The van der Waals surface area contributed by atoms with E-state index in [0.29, 0.717) is 16.8 Å². The second-order valence-corrected chi connectivity index (χ2v) is 6.92. The lowest BCUT2D eigenvalue weighted by molar-refractivity contribution is 0.0696. The molecule has 0 aliphatic heterocycles. The van der Waals surface area contributed by atoms with Gasteiger partial charge in [0, 0.05) is 13.2 Å². The van der Waals surface area contributed by atoms with Gasteiger partial charge in [0.1, 0.15) is 0 Å². The van der Waals surface area contributed by atoms with Gasteiger partial charge >= 0.3 is 5.97 Å². The molecule has 0 spiro atoms. The van der Waals surface area contributed by atoms with E-state index in [1.54, 1.807) is 33.2 Å². The molecule has 1 heterocycles. The summed E-state index contributed by atoms with van der Waals surface area (Å²) in [6.07, 6.45) is 1.66. The molecule has 0 unspecified atom stereocenters. The maximum absolute atomic E-state index is 12.5. The second kappa shape index (κ2) is 5.33. The molecule has 0 fully saturated rings. The Hall–Kier alpha value is -2.15. The molecule has 0 bridgehead atoms. The molecule has 0 saturated heterocycles. The summed E-state index contributed by atoms with van der Waals surface area (Å²) in [4.78, 5) is 11.1. The van der Waals surface area contributed by atoms with Crippen molar-refractivity contribution in [2.75, 3.05) is 0 Å². The summed E-state index contributed by atoms with van der Waals surface area (Å²) in [5.41, 5.74) is 1.60. The Kier molecular flexibility index (Phi) is 3.87. The molecule has 2 aromatic rings.